The fraction of sp³-hybridized carbons (Fsp3) is 0.282. The lowest BCUT2D eigenvalue weighted by Gasteiger charge is -2.43. The lowest BCUT2D eigenvalue weighted by molar-refractivity contribution is 0.0377. The van der Waals surface area contributed by atoms with Crippen LogP contribution in [-0.4, -0.2) is 39.3 Å². The normalized spacial score (nSPS) is 13.9. The van der Waals surface area contributed by atoms with Gasteiger partial charge in [0.25, 0.3) is 0 Å². The molecule has 1 aliphatic heterocycles. The van der Waals surface area contributed by atoms with Gasteiger partial charge in [0.15, 0.2) is 5.82 Å². The van der Waals surface area contributed by atoms with Gasteiger partial charge in [-0.15, -0.1) is 0 Å². The molecule has 0 bridgehead atoms. The predicted molar refractivity (Wildman–Crippen MR) is 189 cm³/mol. The maximum absolute atomic E-state index is 12.8. The lowest BCUT2D eigenvalue weighted by atomic mass is 9.71. The molecule has 0 spiro atoms. The van der Waals surface area contributed by atoms with Crippen molar-refractivity contribution in [3.05, 3.63) is 102 Å². The number of benzene rings is 3. The van der Waals surface area contributed by atoms with Crippen LogP contribution in [0.25, 0.3) is 39.6 Å². The van der Waals surface area contributed by atoms with E-state index in [1.165, 1.54) is 7.11 Å². The molecule has 9 heteroatoms. The van der Waals surface area contributed by atoms with Gasteiger partial charge in [0.2, 0.25) is 0 Å². The number of imidazole rings is 1. The Kier molecular flexibility index (Phi) is 8.79. The highest BCUT2D eigenvalue weighted by atomic mass is 16.6. The number of pyridine rings is 1. The molecule has 2 aliphatic rings. The number of esters is 1. The average Bonchev–Trinajstić information content (AvgIpc) is 3.41. The third-order valence-electron chi connectivity index (χ3n) is 8.56. The van der Waals surface area contributed by atoms with Gasteiger partial charge in [-0.3, -0.25) is 4.57 Å². The van der Waals surface area contributed by atoms with Crippen LogP contribution in [0.15, 0.2) is 91.1 Å². The first kappa shape index (κ1) is 32.5. The van der Waals surface area contributed by atoms with Crippen LogP contribution in [-0.2, 0) is 15.0 Å². The number of aromatic nitrogens is 3. The van der Waals surface area contributed by atoms with Crippen LogP contribution in [0.4, 0.5) is 16.3 Å². The highest BCUT2D eigenvalue weighted by Gasteiger charge is 2.41. The number of amides is 1. The van der Waals surface area contributed by atoms with E-state index in [0.717, 1.165) is 70.1 Å². The number of nitrogens with zero attached hydrogens (tertiary/aromatic N) is 3. The van der Waals surface area contributed by atoms with E-state index in [2.05, 4.69) is 44.5 Å². The molecule has 1 fully saturated rings. The monoisotopic (exact) mass is 643 g/mol. The Balaban J connectivity index is 0.00000197. The van der Waals surface area contributed by atoms with E-state index in [1.807, 2.05) is 83.1 Å². The SMILES string of the molecule is CC.COC(=O)c1ccc(-c2nc3n(c2-c2ccc(C4(NC(=O)OC(C)(C)C)CCC4)cc2)-c2cccnc2Nc2ccccc2-3)cc1. The van der Waals surface area contributed by atoms with Gasteiger partial charge in [-0.25, -0.2) is 19.6 Å². The number of fused-ring (bicyclic) bond motifs is 5. The highest BCUT2D eigenvalue weighted by Crippen LogP contribution is 2.46. The maximum Gasteiger partial charge on any atom is 0.408 e. The van der Waals surface area contributed by atoms with E-state index < -0.39 is 23.2 Å². The zero-order valence-electron chi connectivity index (χ0n) is 28.3. The van der Waals surface area contributed by atoms with Crippen molar-refractivity contribution in [2.75, 3.05) is 12.4 Å². The Bertz CT molecular complexity index is 1950. The quantitative estimate of drug-likeness (QED) is 0.181. The molecule has 2 aromatic heterocycles. The van der Waals surface area contributed by atoms with E-state index in [9.17, 15) is 9.59 Å². The summed E-state index contributed by atoms with van der Waals surface area (Å²) in [5.41, 5.74) is 6.57. The molecule has 0 unspecified atom stereocenters. The molecule has 0 saturated heterocycles. The van der Waals surface area contributed by atoms with Crippen LogP contribution in [0.5, 0.6) is 0 Å². The molecule has 1 aliphatic carbocycles. The Labute approximate surface area is 281 Å². The molecule has 1 saturated carbocycles. The smallest absolute Gasteiger partial charge is 0.408 e. The second kappa shape index (κ2) is 13.0. The molecule has 246 valence electrons. The standard InChI is InChI=1S/C37H35N5O4.C2H6/c1-36(2,3)46-35(44)41-37(20-8-21-37)26-18-16-24(17-19-26)31-30(23-12-14-25(15-13-23)34(43)45-4)40-33-27-9-5-6-10-28(27)39-32-29(42(31)33)11-7-22-38-32;1-2/h5-7,9-19,22H,8,20-21H2,1-4H3,(H,38,39)(H,41,44);1-2H3. The number of rotatable bonds is 5. The number of hydrogen-bond acceptors (Lipinski definition) is 7. The first-order valence-corrected chi connectivity index (χ1v) is 16.4. The highest BCUT2D eigenvalue weighted by molar-refractivity contribution is 5.93. The van der Waals surface area contributed by atoms with Crippen molar-refractivity contribution in [3.63, 3.8) is 0 Å². The van der Waals surface area contributed by atoms with Gasteiger partial charge >= 0.3 is 12.1 Å². The van der Waals surface area contributed by atoms with Crippen molar-refractivity contribution in [1.29, 1.82) is 0 Å². The number of carbonyl (C=O) groups is 2. The van der Waals surface area contributed by atoms with Crippen LogP contribution < -0.4 is 10.6 Å². The molecule has 0 radical (unpaired) electrons. The summed E-state index contributed by atoms with van der Waals surface area (Å²) < 4.78 is 12.7. The first-order chi connectivity index (χ1) is 23.2. The number of methoxy groups -OCH3 is 1. The fourth-order valence-electron chi connectivity index (χ4n) is 6.24. The molecule has 0 atom stereocenters. The minimum atomic E-state index is -0.581. The van der Waals surface area contributed by atoms with Gasteiger partial charge in [0.05, 0.1) is 41.0 Å². The Hall–Kier alpha value is -5.44. The van der Waals surface area contributed by atoms with E-state index >= 15 is 0 Å². The third kappa shape index (κ3) is 6.03. The van der Waals surface area contributed by atoms with E-state index in [1.54, 1.807) is 18.3 Å². The Morgan fingerprint density at radius 2 is 1.58 bits per heavy atom. The van der Waals surface area contributed by atoms with E-state index in [0.29, 0.717) is 11.4 Å². The van der Waals surface area contributed by atoms with Crippen LogP contribution >= 0.6 is 0 Å². The molecule has 5 aromatic rings. The van der Waals surface area contributed by atoms with Crippen molar-refractivity contribution >= 4 is 23.6 Å². The van der Waals surface area contributed by atoms with Crippen molar-refractivity contribution in [1.82, 2.24) is 19.9 Å². The largest absolute Gasteiger partial charge is 0.465 e. The van der Waals surface area contributed by atoms with Crippen molar-refractivity contribution in [2.24, 2.45) is 0 Å². The number of nitrogens with one attached hydrogen (secondary N) is 2. The van der Waals surface area contributed by atoms with Gasteiger partial charge in [0, 0.05) is 22.9 Å². The van der Waals surface area contributed by atoms with Gasteiger partial charge in [-0.1, -0.05) is 62.4 Å². The zero-order valence-corrected chi connectivity index (χ0v) is 28.3. The molecular formula is C39H41N5O4. The molecule has 3 aromatic carbocycles. The second-order valence-electron chi connectivity index (χ2n) is 12.7. The minimum Gasteiger partial charge on any atom is -0.465 e. The summed E-state index contributed by atoms with van der Waals surface area (Å²) in [4.78, 5) is 35.0. The van der Waals surface area contributed by atoms with Crippen LogP contribution in [0.2, 0.25) is 0 Å². The summed E-state index contributed by atoms with van der Waals surface area (Å²) in [7, 11) is 1.37. The minimum absolute atomic E-state index is 0.395. The van der Waals surface area contributed by atoms with Crippen LogP contribution in [0.3, 0.4) is 0 Å². The first-order valence-electron chi connectivity index (χ1n) is 16.4. The molecule has 48 heavy (non-hydrogen) atoms. The number of alkyl carbamates (subject to hydrolysis) is 1. The topological polar surface area (TPSA) is 107 Å². The second-order valence-corrected chi connectivity index (χ2v) is 12.7. The fourth-order valence-corrected chi connectivity index (χ4v) is 6.24. The van der Waals surface area contributed by atoms with E-state index in [-0.39, 0.29) is 0 Å². The van der Waals surface area contributed by atoms with E-state index in [4.69, 9.17) is 14.5 Å². The summed E-state index contributed by atoms with van der Waals surface area (Å²) in [5, 5.41) is 6.67. The molecule has 7 rings (SSSR count). The summed E-state index contributed by atoms with van der Waals surface area (Å²) >= 11 is 0. The molecule has 9 nitrogen and oxygen atoms in total. The van der Waals surface area contributed by atoms with Crippen molar-refractivity contribution in [3.8, 4) is 39.6 Å². The maximum atomic E-state index is 12.8. The number of anilines is 2. The van der Waals surface area contributed by atoms with Gasteiger partial charge < -0.3 is 20.1 Å². The number of ether oxygens (including phenoxy) is 2. The molecule has 2 N–H and O–H groups in total. The zero-order chi connectivity index (χ0) is 34.1. The molecule has 3 heterocycles. The number of carbonyl (C=O) groups excluding carboxylic acids is 2. The summed E-state index contributed by atoms with van der Waals surface area (Å²) in [6, 6.07) is 27.7. The van der Waals surface area contributed by atoms with Crippen LogP contribution in [0, 0.1) is 0 Å². The lowest BCUT2D eigenvalue weighted by Crippen LogP contribution is -2.52. The summed E-state index contributed by atoms with van der Waals surface area (Å²) in [5.74, 6) is 1.09. The van der Waals surface area contributed by atoms with Crippen molar-refractivity contribution < 1.29 is 19.1 Å². The van der Waals surface area contributed by atoms with Crippen LogP contribution in [0.1, 0.15) is 69.8 Å². The Morgan fingerprint density at radius 1 is 0.896 bits per heavy atom. The van der Waals surface area contributed by atoms with Crippen molar-refractivity contribution in [2.45, 2.75) is 65.0 Å². The van der Waals surface area contributed by atoms with Gasteiger partial charge in [-0.05, 0) is 82.0 Å². The predicted octanol–water partition coefficient (Wildman–Crippen LogP) is 9.04. The molecular weight excluding hydrogens is 602 g/mol. The summed E-state index contributed by atoms with van der Waals surface area (Å²) in [6.07, 6.45) is 4.06. The summed E-state index contributed by atoms with van der Waals surface area (Å²) in [6.45, 7) is 9.60. The van der Waals surface area contributed by atoms with Gasteiger partial charge in [-0.2, -0.15) is 0 Å². The number of para-hydroxylation sites is 1. The number of hydrogen-bond donors (Lipinski definition) is 2. The average molecular weight is 644 g/mol. The Morgan fingerprint density at radius 3 is 2.23 bits per heavy atom. The third-order valence-corrected chi connectivity index (χ3v) is 8.56. The van der Waals surface area contributed by atoms with Gasteiger partial charge in [0.1, 0.15) is 11.4 Å². The molecule has 1 amide bonds.